The summed E-state index contributed by atoms with van der Waals surface area (Å²) in [6, 6.07) is 14.0. The molecule has 6 heteroatoms. The number of H-pyrrole nitrogens is 1. The minimum atomic E-state index is -0.152. The molecular formula is C24H32N2O3S. The van der Waals surface area contributed by atoms with Gasteiger partial charge in [-0.2, -0.15) is 0 Å². The molecule has 5 nitrogen and oxygen atoms in total. The fourth-order valence-corrected chi connectivity index (χ4v) is 4.75. The van der Waals surface area contributed by atoms with Crippen LogP contribution < -0.4 is 10.6 Å². The zero-order valence-corrected chi connectivity index (χ0v) is 18.4. The van der Waals surface area contributed by atoms with E-state index in [0.29, 0.717) is 17.9 Å². The van der Waals surface area contributed by atoms with E-state index in [1.165, 1.54) is 5.56 Å². The average Bonchev–Trinajstić information content (AvgIpc) is 3.13. The van der Waals surface area contributed by atoms with Gasteiger partial charge in [-0.15, -0.1) is 0 Å². The molecule has 3 aromatic rings. The Morgan fingerprint density at radius 2 is 1.93 bits per heavy atom. The molecule has 0 radical (unpaired) electrons. The molecule has 1 heterocycles. The van der Waals surface area contributed by atoms with Crippen molar-refractivity contribution in [2.75, 3.05) is 13.2 Å². The van der Waals surface area contributed by atoms with Gasteiger partial charge in [-0.1, -0.05) is 67.5 Å². The van der Waals surface area contributed by atoms with Crippen LogP contribution in [0.1, 0.15) is 43.7 Å². The van der Waals surface area contributed by atoms with E-state index in [0.717, 1.165) is 66.9 Å². The Bertz CT molecular complexity index is 967. The van der Waals surface area contributed by atoms with Crippen LogP contribution in [0.15, 0.2) is 47.3 Å². The number of ether oxygens (including phenoxy) is 1. The minimum Gasteiger partial charge on any atom is -0.506 e. The maximum atomic E-state index is 11.7. The van der Waals surface area contributed by atoms with Gasteiger partial charge in [0.25, 0.3) is 0 Å². The standard InChI is InChI=1S/C24H32N2O3S/c1-17(7-5-6-13-29-14-12-18-8-3-2-4-9-18)15-20(25)16-19-10-11-21(27)22-23(19)30-24(28)26-22/h2-4,8-11,17,20,27H,5-7,12-16,25H2,1H3,(H,26,28)/t17-,20+/m0/s1. The third-order valence-corrected chi connectivity index (χ3v) is 6.40. The molecule has 2 aromatic carbocycles. The van der Waals surface area contributed by atoms with Gasteiger partial charge < -0.3 is 20.6 Å². The number of rotatable bonds is 12. The molecule has 0 aliphatic heterocycles. The fraction of sp³-hybridized carbons (Fsp3) is 0.458. The Morgan fingerprint density at radius 3 is 2.73 bits per heavy atom. The number of nitrogens with two attached hydrogens (primary N) is 1. The van der Waals surface area contributed by atoms with Crippen molar-refractivity contribution in [2.24, 2.45) is 11.7 Å². The van der Waals surface area contributed by atoms with Crippen molar-refractivity contribution in [3.05, 3.63) is 63.3 Å². The Kier molecular flexibility index (Phi) is 8.49. The first kappa shape index (κ1) is 22.5. The van der Waals surface area contributed by atoms with Gasteiger partial charge in [-0.3, -0.25) is 4.79 Å². The van der Waals surface area contributed by atoms with Gasteiger partial charge in [0, 0.05) is 12.6 Å². The maximum Gasteiger partial charge on any atom is 0.305 e. The lowest BCUT2D eigenvalue weighted by Crippen LogP contribution is -2.25. The summed E-state index contributed by atoms with van der Waals surface area (Å²) in [7, 11) is 0. The molecule has 0 spiro atoms. The van der Waals surface area contributed by atoms with Gasteiger partial charge >= 0.3 is 4.87 Å². The number of fused-ring (bicyclic) bond motifs is 1. The predicted octanol–water partition coefficient (Wildman–Crippen LogP) is 4.62. The summed E-state index contributed by atoms with van der Waals surface area (Å²) >= 11 is 1.14. The number of hydrogen-bond acceptors (Lipinski definition) is 5. The lowest BCUT2D eigenvalue weighted by molar-refractivity contribution is 0.132. The van der Waals surface area contributed by atoms with Crippen molar-refractivity contribution in [2.45, 2.75) is 51.5 Å². The molecule has 0 bridgehead atoms. The van der Waals surface area contributed by atoms with Crippen molar-refractivity contribution >= 4 is 21.6 Å². The summed E-state index contributed by atoms with van der Waals surface area (Å²) in [5.74, 6) is 0.655. The van der Waals surface area contributed by atoms with Crippen LogP contribution in [0.4, 0.5) is 0 Å². The smallest absolute Gasteiger partial charge is 0.305 e. The van der Waals surface area contributed by atoms with E-state index >= 15 is 0 Å². The third kappa shape index (κ3) is 6.69. The zero-order valence-electron chi connectivity index (χ0n) is 17.6. The molecule has 4 N–H and O–H groups in total. The molecule has 0 amide bonds. The summed E-state index contributed by atoms with van der Waals surface area (Å²) in [5.41, 5.74) is 9.26. The second-order valence-electron chi connectivity index (χ2n) is 8.11. The van der Waals surface area contributed by atoms with Crippen molar-refractivity contribution in [1.82, 2.24) is 4.98 Å². The summed E-state index contributed by atoms with van der Waals surface area (Å²) < 4.78 is 6.58. The van der Waals surface area contributed by atoms with Crippen LogP contribution in [-0.2, 0) is 17.6 Å². The number of thiazole rings is 1. The van der Waals surface area contributed by atoms with Gasteiger partial charge in [0.1, 0.15) is 11.3 Å². The van der Waals surface area contributed by atoms with Gasteiger partial charge in [0.15, 0.2) is 0 Å². The number of hydrogen-bond donors (Lipinski definition) is 3. The SMILES string of the molecule is C[C@@H](CCCCOCCc1ccccc1)C[C@@H](N)Cc1ccc(O)c2[nH]c(=O)sc12. The summed E-state index contributed by atoms with van der Waals surface area (Å²) in [6.07, 6.45) is 5.96. The molecule has 0 aliphatic rings. The molecule has 0 unspecified atom stereocenters. The molecule has 30 heavy (non-hydrogen) atoms. The Labute approximate surface area is 181 Å². The second kappa shape index (κ2) is 11.3. The third-order valence-electron chi connectivity index (χ3n) is 5.44. The van der Waals surface area contributed by atoms with Crippen LogP contribution in [0.5, 0.6) is 5.75 Å². The Balaban J connectivity index is 1.33. The largest absolute Gasteiger partial charge is 0.506 e. The van der Waals surface area contributed by atoms with Crippen LogP contribution in [-0.4, -0.2) is 29.3 Å². The molecule has 0 saturated carbocycles. The lowest BCUT2D eigenvalue weighted by Gasteiger charge is -2.18. The number of aromatic nitrogens is 1. The van der Waals surface area contributed by atoms with Crippen molar-refractivity contribution in [1.29, 1.82) is 0 Å². The lowest BCUT2D eigenvalue weighted by atomic mass is 9.93. The van der Waals surface area contributed by atoms with E-state index in [1.807, 2.05) is 12.1 Å². The number of benzene rings is 2. The van der Waals surface area contributed by atoms with E-state index in [9.17, 15) is 9.90 Å². The summed E-state index contributed by atoms with van der Waals surface area (Å²) in [6.45, 7) is 3.83. The molecule has 3 rings (SSSR count). The van der Waals surface area contributed by atoms with Crippen LogP contribution in [0, 0.1) is 5.92 Å². The summed E-state index contributed by atoms with van der Waals surface area (Å²) in [4.78, 5) is 14.2. The van der Waals surface area contributed by atoms with Gasteiger partial charge in [0.2, 0.25) is 0 Å². The minimum absolute atomic E-state index is 0.0343. The Morgan fingerprint density at radius 1 is 1.13 bits per heavy atom. The number of aromatic hydroxyl groups is 1. The summed E-state index contributed by atoms with van der Waals surface area (Å²) in [5, 5.41) is 9.92. The van der Waals surface area contributed by atoms with Crippen LogP contribution in [0.2, 0.25) is 0 Å². The maximum absolute atomic E-state index is 11.7. The number of nitrogens with one attached hydrogen (secondary N) is 1. The molecule has 0 aliphatic carbocycles. The molecule has 2 atom stereocenters. The number of phenols is 1. The molecule has 0 saturated heterocycles. The number of phenolic OH excluding ortho intramolecular Hbond substituents is 1. The van der Waals surface area contributed by atoms with Crippen LogP contribution >= 0.6 is 11.3 Å². The van der Waals surface area contributed by atoms with Crippen LogP contribution in [0.25, 0.3) is 10.2 Å². The van der Waals surface area contributed by atoms with E-state index in [2.05, 4.69) is 36.2 Å². The molecule has 162 valence electrons. The number of unbranched alkanes of at least 4 members (excludes halogenated alkanes) is 1. The average molecular weight is 429 g/mol. The molecule has 1 aromatic heterocycles. The highest BCUT2D eigenvalue weighted by molar-refractivity contribution is 7.16. The zero-order chi connectivity index (χ0) is 21.3. The van der Waals surface area contributed by atoms with E-state index in [4.69, 9.17) is 10.5 Å². The fourth-order valence-electron chi connectivity index (χ4n) is 3.87. The predicted molar refractivity (Wildman–Crippen MR) is 124 cm³/mol. The highest BCUT2D eigenvalue weighted by atomic mass is 32.1. The molecule has 0 fully saturated rings. The first-order valence-electron chi connectivity index (χ1n) is 10.7. The molecular weight excluding hydrogens is 396 g/mol. The normalized spacial score (nSPS) is 13.5. The quantitative estimate of drug-likeness (QED) is 0.367. The van der Waals surface area contributed by atoms with Gasteiger partial charge in [-0.25, -0.2) is 0 Å². The topological polar surface area (TPSA) is 88.3 Å². The van der Waals surface area contributed by atoms with E-state index in [-0.39, 0.29) is 16.7 Å². The number of aromatic amines is 1. The van der Waals surface area contributed by atoms with Crippen molar-refractivity contribution < 1.29 is 9.84 Å². The van der Waals surface area contributed by atoms with E-state index < -0.39 is 0 Å². The van der Waals surface area contributed by atoms with Crippen LogP contribution in [0.3, 0.4) is 0 Å². The monoisotopic (exact) mass is 428 g/mol. The van der Waals surface area contributed by atoms with Gasteiger partial charge in [0.05, 0.1) is 11.3 Å². The second-order valence-corrected chi connectivity index (χ2v) is 9.09. The van der Waals surface area contributed by atoms with Crippen molar-refractivity contribution in [3.8, 4) is 5.75 Å². The highest BCUT2D eigenvalue weighted by Crippen LogP contribution is 2.29. The first-order chi connectivity index (χ1) is 14.5. The first-order valence-corrected chi connectivity index (χ1v) is 11.6. The van der Waals surface area contributed by atoms with Gasteiger partial charge in [-0.05, 0) is 48.8 Å². The highest BCUT2D eigenvalue weighted by Gasteiger charge is 2.14. The van der Waals surface area contributed by atoms with Crippen molar-refractivity contribution in [3.63, 3.8) is 0 Å². The van der Waals surface area contributed by atoms with E-state index in [1.54, 1.807) is 6.07 Å². The Hall–Kier alpha value is -2.15.